The largest absolute Gasteiger partial charge is 0.362 e. The molecular weight excluding hydrogens is 187 g/mol. The molecule has 0 fully saturated rings. The number of aryl methyl sites for hydroxylation is 1. The summed E-state index contributed by atoms with van der Waals surface area (Å²) in [6, 6.07) is 7.25. The van der Waals surface area contributed by atoms with Gasteiger partial charge in [-0.05, 0) is 13.8 Å². The predicted molar refractivity (Wildman–Crippen MR) is 52.2 cm³/mol. The number of rotatable bonds is 3. The molecule has 0 spiro atoms. The van der Waals surface area contributed by atoms with Crippen molar-refractivity contribution in [2.45, 2.75) is 19.6 Å². The van der Waals surface area contributed by atoms with Crippen molar-refractivity contribution in [1.29, 1.82) is 0 Å². The van der Waals surface area contributed by atoms with Gasteiger partial charge in [-0.15, -0.1) is 0 Å². The molecule has 2 unspecified atom stereocenters. The maximum Gasteiger partial charge on any atom is 0.195 e. The van der Waals surface area contributed by atoms with Gasteiger partial charge in [0.25, 0.3) is 0 Å². The zero-order valence-corrected chi connectivity index (χ0v) is 8.81. The van der Waals surface area contributed by atoms with Gasteiger partial charge in [0, 0.05) is 5.56 Å². The van der Waals surface area contributed by atoms with Gasteiger partial charge in [-0.1, -0.05) is 29.8 Å². The molecular formula is C9H13O3P. The lowest BCUT2D eigenvalue weighted by Gasteiger charge is -2.20. The minimum absolute atomic E-state index is 0.612. The fourth-order valence-corrected chi connectivity index (χ4v) is 1.35. The minimum atomic E-state index is -1.44. The topological polar surface area (TPSA) is 46.5 Å². The third-order valence-electron chi connectivity index (χ3n) is 1.86. The highest BCUT2D eigenvalue weighted by Gasteiger charge is 2.22. The molecule has 1 rings (SSSR count). The molecule has 0 saturated carbocycles. The van der Waals surface area contributed by atoms with E-state index in [0.717, 1.165) is 5.56 Å². The lowest BCUT2D eigenvalue weighted by molar-refractivity contribution is -0.121. The Labute approximate surface area is 78.6 Å². The molecule has 72 valence electrons. The molecule has 2 atom stereocenters. The lowest BCUT2D eigenvalue weighted by atomic mass is 10.1. The molecule has 1 N–H and O–H groups in total. The van der Waals surface area contributed by atoms with E-state index in [0.29, 0.717) is 5.56 Å². The van der Waals surface area contributed by atoms with Crippen LogP contribution in [0.1, 0.15) is 18.1 Å². The zero-order valence-electron chi connectivity index (χ0n) is 7.65. The normalized spacial score (nSPS) is 16.2. The van der Waals surface area contributed by atoms with Crippen molar-refractivity contribution in [1.82, 2.24) is 0 Å². The van der Waals surface area contributed by atoms with Crippen LogP contribution in [0.4, 0.5) is 0 Å². The van der Waals surface area contributed by atoms with E-state index in [1.807, 2.05) is 19.1 Å². The Morgan fingerprint density at radius 2 is 1.92 bits per heavy atom. The standard InChI is InChI=1S/C9H13O3P/c1-7-3-5-8(6-4-7)9(2,10)12-13-11/h3-6,10H,13H2,1-2H3. The van der Waals surface area contributed by atoms with Gasteiger partial charge in [-0.25, -0.2) is 0 Å². The Hall–Kier alpha value is -0.630. The van der Waals surface area contributed by atoms with E-state index in [1.165, 1.54) is 6.92 Å². The van der Waals surface area contributed by atoms with Crippen molar-refractivity contribution in [2.75, 3.05) is 0 Å². The van der Waals surface area contributed by atoms with Crippen molar-refractivity contribution in [3.8, 4) is 0 Å². The smallest absolute Gasteiger partial charge is 0.195 e. The molecule has 0 heterocycles. The van der Waals surface area contributed by atoms with Crippen LogP contribution in [0.25, 0.3) is 0 Å². The van der Waals surface area contributed by atoms with E-state index in [1.54, 1.807) is 12.1 Å². The first-order valence-corrected chi connectivity index (χ1v) is 4.91. The Kier molecular flexibility index (Phi) is 3.26. The van der Waals surface area contributed by atoms with E-state index >= 15 is 0 Å². The molecule has 0 bridgehead atoms. The molecule has 13 heavy (non-hydrogen) atoms. The van der Waals surface area contributed by atoms with Crippen LogP contribution in [0.5, 0.6) is 0 Å². The summed E-state index contributed by atoms with van der Waals surface area (Å²) in [5.74, 6) is -1.44. The van der Waals surface area contributed by atoms with Crippen LogP contribution in [0.15, 0.2) is 24.3 Å². The van der Waals surface area contributed by atoms with E-state index < -0.39 is 14.5 Å². The van der Waals surface area contributed by atoms with E-state index in [2.05, 4.69) is 0 Å². The molecule has 3 nitrogen and oxygen atoms in total. The average Bonchev–Trinajstić information content (AvgIpc) is 2.05. The Morgan fingerprint density at radius 3 is 2.38 bits per heavy atom. The first-order valence-electron chi connectivity index (χ1n) is 3.97. The average molecular weight is 200 g/mol. The SMILES string of the molecule is Cc1ccc(C(C)(O)O[PH2]=O)cc1. The van der Waals surface area contributed by atoms with Crippen molar-refractivity contribution in [3.63, 3.8) is 0 Å². The molecule has 0 aliphatic carbocycles. The molecule has 4 heteroatoms. The van der Waals surface area contributed by atoms with Gasteiger partial charge in [0.05, 0.1) is 0 Å². The van der Waals surface area contributed by atoms with E-state index in [9.17, 15) is 9.67 Å². The Bertz CT molecular complexity index is 292. The van der Waals surface area contributed by atoms with Crippen LogP contribution in [0, 0.1) is 6.92 Å². The molecule has 0 saturated heterocycles. The number of aliphatic hydroxyl groups is 1. The fourth-order valence-electron chi connectivity index (χ4n) is 1.02. The highest BCUT2D eigenvalue weighted by Crippen LogP contribution is 2.25. The molecule has 0 radical (unpaired) electrons. The summed E-state index contributed by atoms with van der Waals surface area (Å²) in [6.07, 6.45) is 0. The summed E-state index contributed by atoms with van der Waals surface area (Å²) in [5.41, 5.74) is 1.72. The lowest BCUT2D eigenvalue weighted by Crippen LogP contribution is -2.20. The molecule has 0 amide bonds. The Morgan fingerprint density at radius 1 is 1.38 bits per heavy atom. The van der Waals surface area contributed by atoms with Gasteiger partial charge < -0.3 is 5.11 Å². The van der Waals surface area contributed by atoms with Crippen LogP contribution >= 0.6 is 8.69 Å². The van der Waals surface area contributed by atoms with Crippen LogP contribution in [-0.4, -0.2) is 5.11 Å². The summed E-state index contributed by atoms with van der Waals surface area (Å²) in [7, 11) is -1.41. The highest BCUT2D eigenvalue weighted by molar-refractivity contribution is 7.17. The number of benzene rings is 1. The summed E-state index contributed by atoms with van der Waals surface area (Å²) >= 11 is 0. The second-order valence-corrected chi connectivity index (χ2v) is 3.49. The summed E-state index contributed by atoms with van der Waals surface area (Å²) in [4.78, 5) is 0. The predicted octanol–water partition coefficient (Wildman–Crippen LogP) is 1.85. The van der Waals surface area contributed by atoms with Gasteiger partial charge in [-0.3, -0.25) is 9.09 Å². The quantitative estimate of drug-likeness (QED) is 0.598. The van der Waals surface area contributed by atoms with Crippen molar-refractivity contribution in [3.05, 3.63) is 35.4 Å². The molecule has 0 aromatic heterocycles. The Balaban J connectivity index is 2.93. The summed E-state index contributed by atoms with van der Waals surface area (Å²) in [6.45, 7) is 3.43. The number of hydrogen-bond donors (Lipinski definition) is 1. The van der Waals surface area contributed by atoms with Crippen molar-refractivity contribution >= 4 is 8.69 Å². The first-order chi connectivity index (χ1) is 6.06. The zero-order chi connectivity index (χ0) is 9.90. The minimum Gasteiger partial charge on any atom is -0.362 e. The molecule has 0 aliphatic heterocycles. The third-order valence-corrected chi connectivity index (χ3v) is 2.42. The highest BCUT2D eigenvalue weighted by atomic mass is 31.1. The van der Waals surface area contributed by atoms with Gasteiger partial charge >= 0.3 is 0 Å². The monoisotopic (exact) mass is 200 g/mol. The molecule has 1 aromatic rings. The fraction of sp³-hybridized carbons (Fsp3) is 0.333. The van der Waals surface area contributed by atoms with Gasteiger partial charge in [0.15, 0.2) is 14.5 Å². The van der Waals surface area contributed by atoms with E-state index in [-0.39, 0.29) is 0 Å². The van der Waals surface area contributed by atoms with Crippen LogP contribution in [0.3, 0.4) is 0 Å². The molecule has 0 aliphatic rings. The second-order valence-electron chi connectivity index (χ2n) is 3.06. The van der Waals surface area contributed by atoms with Crippen LogP contribution in [-0.2, 0) is 14.9 Å². The van der Waals surface area contributed by atoms with Crippen LogP contribution in [0.2, 0.25) is 0 Å². The van der Waals surface area contributed by atoms with Crippen LogP contribution < -0.4 is 0 Å². The second kappa shape index (κ2) is 4.05. The first kappa shape index (κ1) is 10.5. The summed E-state index contributed by atoms with van der Waals surface area (Å²) in [5, 5.41) is 9.68. The van der Waals surface area contributed by atoms with E-state index in [4.69, 9.17) is 4.52 Å². The third kappa shape index (κ3) is 2.66. The maximum atomic E-state index is 10.3. The number of hydrogen-bond acceptors (Lipinski definition) is 3. The van der Waals surface area contributed by atoms with Gasteiger partial charge in [0.2, 0.25) is 0 Å². The molecule has 1 aromatic carbocycles. The van der Waals surface area contributed by atoms with Crippen molar-refractivity contribution < 1.29 is 14.2 Å². The van der Waals surface area contributed by atoms with Crippen molar-refractivity contribution in [2.24, 2.45) is 0 Å². The van der Waals surface area contributed by atoms with Gasteiger partial charge in [-0.2, -0.15) is 0 Å². The maximum absolute atomic E-state index is 10.3. The van der Waals surface area contributed by atoms with Gasteiger partial charge in [0.1, 0.15) is 0 Å². The summed E-state index contributed by atoms with van der Waals surface area (Å²) < 4.78 is 15.0.